The Hall–Kier alpha value is -1.20. The summed E-state index contributed by atoms with van der Waals surface area (Å²) in [5, 5.41) is 0. The minimum Gasteiger partial charge on any atom is -0.300 e. The van der Waals surface area contributed by atoms with Crippen molar-refractivity contribution in [2.45, 2.75) is 89.6 Å². The fourth-order valence-electron chi connectivity index (χ4n) is 8.03. The Kier molecular flexibility index (Phi) is 5.17. The van der Waals surface area contributed by atoms with Crippen molar-refractivity contribution in [2.75, 3.05) is 0 Å². The van der Waals surface area contributed by atoms with E-state index in [0.717, 1.165) is 44.1 Å². The van der Waals surface area contributed by atoms with Gasteiger partial charge in [0.25, 0.3) is 10.1 Å². The lowest BCUT2D eigenvalue weighted by atomic mass is 9.45. The van der Waals surface area contributed by atoms with Gasteiger partial charge in [-0.2, -0.15) is 8.42 Å². The first-order valence-corrected chi connectivity index (χ1v) is 13.5. The summed E-state index contributed by atoms with van der Waals surface area (Å²) in [4.78, 5) is 12.5. The summed E-state index contributed by atoms with van der Waals surface area (Å²) in [6, 6.07) is 6.93. The molecule has 4 nitrogen and oxygen atoms in total. The smallest absolute Gasteiger partial charge is 0.297 e. The number of hydrogen-bond acceptors (Lipinski definition) is 4. The predicted octanol–water partition coefficient (Wildman–Crippen LogP) is 5.68. The summed E-state index contributed by atoms with van der Waals surface area (Å²) < 4.78 is 31.4. The topological polar surface area (TPSA) is 60.4 Å². The second-order valence-electron chi connectivity index (χ2n) is 11.5. The normalized spacial score (nSPS) is 42.5. The third-order valence-corrected chi connectivity index (χ3v) is 11.1. The molecule has 5 heteroatoms. The van der Waals surface area contributed by atoms with Crippen molar-refractivity contribution in [1.29, 1.82) is 0 Å². The molecule has 1 aromatic carbocycles. The highest BCUT2D eigenvalue weighted by Gasteiger charge is 2.59. The Morgan fingerprint density at radius 2 is 1.71 bits per heavy atom. The molecule has 0 bridgehead atoms. The van der Waals surface area contributed by atoms with Crippen LogP contribution < -0.4 is 0 Å². The summed E-state index contributed by atoms with van der Waals surface area (Å²) in [5.41, 5.74) is 1.52. The largest absolute Gasteiger partial charge is 0.300 e. The number of aryl methyl sites for hydroxylation is 1. The van der Waals surface area contributed by atoms with Crippen molar-refractivity contribution in [3.8, 4) is 0 Å². The zero-order valence-electron chi connectivity index (χ0n) is 19.1. The molecule has 4 saturated carbocycles. The van der Waals surface area contributed by atoms with E-state index >= 15 is 0 Å². The Bertz CT molecular complexity index is 968. The fourth-order valence-corrected chi connectivity index (χ4v) is 9.14. The Morgan fingerprint density at radius 1 is 0.968 bits per heavy atom. The van der Waals surface area contributed by atoms with E-state index in [1.807, 2.05) is 19.1 Å². The number of benzene rings is 1. The lowest BCUT2D eigenvalue weighted by Gasteiger charge is -2.60. The highest BCUT2D eigenvalue weighted by atomic mass is 32.2. The first-order chi connectivity index (χ1) is 14.6. The third-order valence-electron chi connectivity index (χ3n) is 9.76. The SMILES string of the molecule is Cc1ccc(S(=O)(=O)O[C@@H]2CC[C@@]3(C)[C@H](CC[C@H]4[C@H]5CC(=O)C[C@]5(C)CC[C@@H]43)C2)cc1. The molecule has 7 atom stereocenters. The molecule has 0 unspecified atom stereocenters. The number of hydrogen-bond donors (Lipinski definition) is 0. The highest BCUT2D eigenvalue weighted by Crippen LogP contribution is 2.65. The Morgan fingerprint density at radius 3 is 2.45 bits per heavy atom. The quantitative estimate of drug-likeness (QED) is 0.563. The third kappa shape index (κ3) is 3.60. The molecule has 1 aromatic rings. The minimum atomic E-state index is -3.72. The van der Waals surface area contributed by atoms with Gasteiger partial charge in [-0.15, -0.1) is 0 Å². The van der Waals surface area contributed by atoms with Crippen LogP contribution in [0.25, 0.3) is 0 Å². The van der Waals surface area contributed by atoms with E-state index in [-0.39, 0.29) is 21.8 Å². The van der Waals surface area contributed by atoms with Gasteiger partial charge in [0.05, 0.1) is 11.0 Å². The molecule has 0 aromatic heterocycles. The molecule has 31 heavy (non-hydrogen) atoms. The molecule has 0 radical (unpaired) electrons. The maximum atomic E-state index is 12.8. The van der Waals surface area contributed by atoms with Crippen LogP contribution in [-0.4, -0.2) is 20.3 Å². The van der Waals surface area contributed by atoms with Crippen molar-refractivity contribution >= 4 is 15.9 Å². The van der Waals surface area contributed by atoms with Crippen molar-refractivity contribution in [2.24, 2.45) is 34.5 Å². The average molecular weight is 445 g/mol. The van der Waals surface area contributed by atoms with Crippen molar-refractivity contribution in [3.63, 3.8) is 0 Å². The average Bonchev–Trinajstić information content (AvgIpc) is 3.02. The van der Waals surface area contributed by atoms with Crippen LogP contribution >= 0.6 is 0 Å². The summed E-state index contributed by atoms with van der Waals surface area (Å²) >= 11 is 0. The maximum absolute atomic E-state index is 12.8. The predicted molar refractivity (Wildman–Crippen MR) is 120 cm³/mol. The summed E-state index contributed by atoms with van der Waals surface area (Å²) in [7, 11) is -3.72. The van der Waals surface area contributed by atoms with Crippen LogP contribution in [0, 0.1) is 41.4 Å². The zero-order valence-corrected chi connectivity index (χ0v) is 19.9. The standard InChI is InChI=1S/C26H36O4S/c1-17-4-7-21(8-5-17)31(28,29)30-20-10-13-26(3)18(14-20)6-9-22-23(26)11-12-25(2)16-19(27)15-24(22)25/h4-5,7-8,18,20,22-24H,6,9-16H2,1-3H3/t18-,20-,22-,23+,24-,25+,26+/m1/s1. The van der Waals surface area contributed by atoms with E-state index in [0.29, 0.717) is 29.5 Å². The first kappa shape index (κ1) is 21.6. The molecule has 0 amide bonds. The number of fused-ring (bicyclic) bond motifs is 5. The second-order valence-corrected chi connectivity index (χ2v) is 13.1. The van der Waals surface area contributed by atoms with Crippen LogP contribution in [0.4, 0.5) is 0 Å². The van der Waals surface area contributed by atoms with Gasteiger partial charge in [0.2, 0.25) is 0 Å². The number of carbonyl (C=O) groups is 1. The second kappa shape index (κ2) is 7.41. The van der Waals surface area contributed by atoms with Gasteiger partial charge < -0.3 is 0 Å². The van der Waals surface area contributed by atoms with Gasteiger partial charge in [-0.05, 0) is 98.5 Å². The number of ketones is 1. The van der Waals surface area contributed by atoms with Crippen LogP contribution in [-0.2, 0) is 19.1 Å². The van der Waals surface area contributed by atoms with Crippen molar-refractivity contribution in [1.82, 2.24) is 0 Å². The molecule has 0 spiro atoms. The fraction of sp³-hybridized carbons (Fsp3) is 0.731. The van der Waals surface area contributed by atoms with Gasteiger partial charge in [0, 0.05) is 12.8 Å². The minimum absolute atomic E-state index is 0.220. The molecule has 5 rings (SSSR count). The lowest BCUT2D eigenvalue weighted by Crippen LogP contribution is -2.53. The number of carbonyl (C=O) groups excluding carboxylic acids is 1. The number of rotatable bonds is 3. The molecule has 0 N–H and O–H groups in total. The molecule has 4 aliphatic rings. The first-order valence-electron chi connectivity index (χ1n) is 12.1. The summed E-state index contributed by atoms with van der Waals surface area (Å²) in [6.07, 6.45) is 8.77. The van der Waals surface area contributed by atoms with E-state index in [1.54, 1.807) is 12.1 Å². The van der Waals surface area contributed by atoms with Gasteiger partial charge in [0.1, 0.15) is 5.78 Å². The Balaban J connectivity index is 1.30. The van der Waals surface area contributed by atoms with E-state index in [9.17, 15) is 13.2 Å². The van der Waals surface area contributed by atoms with Crippen molar-refractivity contribution in [3.05, 3.63) is 29.8 Å². The van der Waals surface area contributed by atoms with E-state index < -0.39 is 10.1 Å². The van der Waals surface area contributed by atoms with Crippen LogP contribution in [0.5, 0.6) is 0 Å². The highest BCUT2D eigenvalue weighted by molar-refractivity contribution is 7.86. The molecule has 0 heterocycles. The van der Waals surface area contributed by atoms with Crippen molar-refractivity contribution < 1.29 is 17.4 Å². The monoisotopic (exact) mass is 444 g/mol. The molecule has 4 aliphatic carbocycles. The lowest BCUT2D eigenvalue weighted by molar-refractivity contribution is -0.119. The van der Waals surface area contributed by atoms with Gasteiger partial charge in [-0.1, -0.05) is 31.5 Å². The van der Waals surface area contributed by atoms with Crippen LogP contribution in [0.2, 0.25) is 0 Å². The molecular weight excluding hydrogens is 408 g/mol. The van der Waals surface area contributed by atoms with Gasteiger partial charge in [0.15, 0.2) is 0 Å². The molecule has 170 valence electrons. The zero-order chi connectivity index (χ0) is 22.0. The van der Waals surface area contributed by atoms with E-state index in [4.69, 9.17) is 4.18 Å². The van der Waals surface area contributed by atoms with Crippen LogP contribution in [0.3, 0.4) is 0 Å². The molecule has 0 saturated heterocycles. The van der Waals surface area contributed by atoms with Crippen LogP contribution in [0.15, 0.2) is 29.2 Å². The van der Waals surface area contributed by atoms with Gasteiger partial charge in [-0.25, -0.2) is 0 Å². The summed E-state index contributed by atoms with van der Waals surface area (Å²) in [5.74, 6) is 2.89. The Labute approximate surface area is 187 Å². The van der Waals surface area contributed by atoms with E-state index in [1.165, 1.54) is 19.3 Å². The number of Topliss-reactive ketones (excluding diaryl/α,β-unsaturated/α-hetero) is 1. The summed E-state index contributed by atoms with van der Waals surface area (Å²) in [6.45, 7) is 6.76. The molecule has 4 fully saturated rings. The van der Waals surface area contributed by atoms with E-state index in [2.05, 4.69) is 13.8 Å². The van der Waals surface area contributed by atoms with Gasteiger partial charge >= 0.3 is 0 Å². The molecule has 0 aliphatic heterocycles. The maximum Gasteiger partial charge on any atom is 0.297 e. The van der Waals surface area contributed by atoms with Gasteiger partial charge in [-0.3, -0.25) is 8.98 Å². The molecular formula is C26H36O4S. The van der Waals surface area contributed by atoms with Crippen LogP contribution in [0.1, 0.15) is 77.2 Å².